The number of thiazole rings is 1. The van der Waals surface area contributed by atoms with Crippen LogP contribution >= 0.6 is 23.1 Å². The van der Waals surface area contributed by atoms with Crippen LogP contribution in [0.3, 0.4) is 0 Å². The Labute approximate surface area is 216 Å². The van der Waals surface area contributed by atoms with Gasteiger partial charge >= 0.3 is 0 Å². The summed E-state index contributed by atoms with van der Waals surface area (Å²) < 4.78 is 12.1. The normalized spacial score (nSPS) is 14.5. The fraction of sp³-hybridized carbons (Fsp3) is 0.481. The van der Waals surface area contributed by atoms with Crippen molar-refractivity contribution in [1.82, 2.24) is 9.88 Å². The molecule has 0 atom stereocenters. The summed E-state index contributed by atoms with van der Waals surface area (Å²) in [6, 6.07) is 12.4. The Morgan fingerprint density at radius 2 is 1.94 bits per heavy atom. The summed E-state index contributed by atoms with van der Waals surface area (Å²) in [4.78, 5) is 24.0. The van der Waals surface area contributed by atoms with Crippen LogP contribution in [0.5, 0.6) is 5.75 Å². The zero-order valence-corrected chi connectivity index (χ0v) is 22.7. The Morgan fingerprint density at radius 1 is 1.20 bits per heavy atom. The van der Waals surface area contributed by atoms with E-state index >= 15 is 0 Å². The highest BCUT2D eigenvalue weighted by atomic mass is 32.2. The van der Waals surface area contributed by atoms with E-state index in [4.69, 9.17) is 14.5 Å². The number of aromatic nitrogens is 1. The van der Waals surface area contributed by atoms with Crippen LogP contribution in [0.25, 0.3) is 10.2 Å². The number of thioether (sulfide) groups is 1. The smallest absolute Gasteiger partial charge is 0.233 e. The number of rotatable bonds is 10. The molecule has 2 heterocycles. The van der Waals surface area contributed by atoms with E-state index in [0.717, 1.165) is 71.5 Å². The third-order valence-electron chi connectivity index (χ3n) is 6.05. The topological polar surface area (TPSA) is 54.9 Å². The highest BCUT2D eigenvalue weighted by Crippen LogP contribution is 2.36. The highest BCUT2D eigenvalue weighted by molar-refractivity contribution is 7.99. The van der Waals surface area contributed by atoms with Gasteiger partial charge in [-0.25, -0.2) is 4.98 Å². The van der Waals surface area contributed by atoms with Crippen LogP contribution in [0.15, 0.2) is 41.3 Å². The zero-order chi connectivity index (χ0) is 24.8. The van der Waals surface area contributed by atoms with Gasteiger partial charge < -0.3 is 9.47 Å². The molecule has 1 fully saturated rings. The van der Waals surface area contributed by atoms with Crippen molar-refractivity contribution >= 4 is 44.4 Å². The van der Waals surface area contributed by atoms with Gasteiger partial charge in [0.1, 0.15) is 11.3 Å². The third kappa shape index (κ3) is 6.76. The second-order valence-corrected chi connectivity index (χ2v) is 11.7. The number of methoxy groups -OCH3 is 1. The largest absolute Gasteiger partial charge is 0.494 e. The first kappa shape index (κ1) is 25.9. The summed E-state index contributed by atoms with van der Waals surface area (Å²) in [7, 11) is 1.66. The summed E-state index contributed by atoms with van der Waals surface area (Å²) in [5, 5.41) is 1.27. The maximum absolute atomic E-state index is 13.6. The molecule has 1 aromatic heterocycles. The monoisotopic (exact) mass is 513 g/mol. The Bertz CT molecular complexity index is 1120. The molecule has 1 aliphatic heterocycles. The zero-order valence-electron chi connectivity index (χ0n) is 21.1. The lowest BCUT2D eigenvalue weighted by Gasteiger charge is -2.27. The molecular formula is C27H35N3O3S2. The van der Waals surface area contributed by atoms with Crippen LogP contribution in [0.4, 0.5) is 5.13 Å². The summed E-state index contributed by atoms with van der Waals surface area (Å²) in [6.07, 6.45) is 1.25. The Hall–Kier alpha value is -2.13. The molecule has 0 radical (unpaired) electrons. The van der Waals surface area contributed by atoms with E-state index in [1.165, 1.54) is 4.90 Å². The van der Waals surface area contributed by atoms with Crippen LogP contribution in [-0.2, 0) is 16.0 Å². The van der Waals surface area contributed by atoms with Crippen LogP contribution in [-0.4, -0.2) is 67.5 Å². The molecule has 188 valence electrons. The van der Waals surface area contributed by atoms with Crippen molar-refractivity contribution in [3.8, 4) is 5.75 Å². The number of fused-ring (bicyclic) bond motifs is 1. The second kappa shape index (κ2) is 12.2. The number of ether oxygens (including phenoxy) is 2. The van der Waals surface area contributed by atoms with Crippen molar-refractivity contribution in [2.75, 3.05) is 51.4 Å². The number of morpholine rings is 1. The van der Waals surface area contributed by atoms with Crippen molar-refractivity contribution in [1.29, 1.82) is 0 Å². The van der Waals surface area contributed by atoms with Crippen LogP contribution in [0.2, 0.25) is 0 Å². The Morgan fingerprint density at radius 3 is 2.63 bits per heavy atom. The van der Waals surface area contributed by atoms with Crippen molar-refractivity contribution < 1.29 is 14.3 Å². The average molecular weight is 514 g/mol. The van der Waals surface area contributed by atoms with Crippen molar-refractivity contribution in [3.63, 3.8) is 0 Å². The molecular weight excluding hydrogens is 478 g/mol. The van der Waals surface area contributed by atoms with E-state index in [1.54, 1.807) is 18.4 Å². The summed E-state index contributed by atoms with van der Waals surface area (Å²) >= 11 is 3.40. The van der Waals surface area contributed by atoms with Gasteiger partial charge in [0.25, 0.3) is 0 Å². The minimum Gasteiger partial charge on any atom is -0.494 e. The molecule has 1 aliphatic rings. The van der Waals surface area contributed by atoms with E-state index in [-0.39, 0.29) is 5.91 Å². The number of carbonyl (C=O) groups excluding carboxylic acids is 1. The number of anilines is 1. The molecule has 6 nitrogen and oxygen atoms in total. The first-order valence-corrected chi connectivity index (χ1v) is 13.9. The molecule has 0 bridgehead atoms. The molecule has 0 spiro atoms. The fourth-order valence-electron chi connectivity index (χ4n) is 4.21. The van der Waals surface area contributed by atoms with Gasteiger partial charge in [0, 0.05) is 36.3 Å². The van der Waals surface area contributed by atoms with E-state index in [0.29, 0.717) is 18.2 Å². The molecule has 8 heteroatoms. The van der Waals surface area contributed by atoms with Gasteiger partial charge in [0.15, 0.2) is 5.13 Å². The number of hydrogen-bond donors (Lipinski definition) is 0. The van der Waals surface area contributed by atoms with E-state index in [2.05, 4.69) is 49.9 Å². The molecule has 1 saturated heterocycles. The highest BCUT2D eigenvalue weighted by Gasteiger charge is 2.22. The van der Waals surface area contributed by atoms with Crippen molar-refractivity contribution in [3.05, 3.63) is 47.5 Å². The molecule has 4 rings (SSSR count). The number of hydrogen-bond acceptors (Lipinski definition) is 7. The third-order valence-corrected chi connectivity index (χ3v) is 8.28. The standard InChI is InChI=1S/C27H35N3O3S2/c1-19(2)34-22-9-7-21(8-10-22)18-24(31)30(13-5-12-29-14-16-33-17-15-29)27-28-25-23(32-4)11-6-20(3)26(25)35-27/h6-11,19H,5,12-18H2,1-4H3. The van der Waals surface area contributed by atoms with Crippen LogP contribution in [0.1, 0.15) is 31.4 Å². The van der Waals surface area contributed by atoms with E-state index in [1.807, 2.05) is 28.8 Å². The second-order valence-electron chi connectivity index (χ2n) is 9.10. The van der Waals surface area contributed by atoms with Gasteiger partial charge in [-0.05, 0) is 42.7 Å². The van der Waals surface area contributed by atoms with Gasteiger partial charge in [0.2, 0.25) is 5.91 Å². The predicted octanol–water partition coefficient (Wildman–Crippen LogP) is 5.41. The minimum atomic E-state index is 0.0758. The number of carbonyl (C=O) groups is 1. The quantitative estimate of drug-likeness (QED) is 0.338. The molecule has 3 aromatic rings. The minimum absolute atomic E-state index is 0.0758. The SMILES string of the molecule is COc1ccc(C)c2sc(N(CCCN3CCOCC3)C(=O)Cc3ccc(SC(C)C)cc3)nc12. The molecule has 2 aromatic carbocycles. The first-order chi connectivity index (χ1) is 16.9. The maximum atomic E-state index is 13.6. The molecule has 0 N–H and O–H groups in total. The van der Waals surface area contributed by atoms with Crippen molar-refractivity contribution in [2.45, 2.75) is 43.8 Å². The van der Waals surface area contributed by atoms with Crippen molar-refractivity contribution in [2.24, 2.45) is 0 Å². The van der Waals surface area contributed by atoms with E-state index < -0.39 is 0 Å². The van der Waals surface area contributed by atoms with Crippen LogP contribution in [0, 0.1) is 6.92 Å². The number of benzene rings is 2. The number of amides is 1. The van der Waals surface area contributed by atoms with Crippen LogP contribution < -0.4 is 9.64 Å². The Balaban J connectivity index is 1.54. The van der Waals surface area contributed by atoms with Gasteiger partial charge in [0.05, 0.1) is 31.4 Å². The molecule has 1 amide bonds. The summed E-state index contributed by atoms with van der Waals surface area (Å²) in [6.45, 7) is 11.5. The number of aryl methyl sites for hydroxylation is 1. The Kier molecular flexibility index (Phi) is 9.05. The fourth-order valence-corrected chi connectivity index (χ4v) is 6.14. The lowest BCUT2D eigenvalue weighted by atomic mass is 10.1. The molecule has 0 unspecified atom stereocenters. The molecule has 35 heavy (non-hydrogen) atoms. The predicted molar refractivity (Wildman–Crippen MR) is 146 cm³/mol. The van der Waals surface area contributed by atoms with Gasteiger partial charge in [-0.2, -0.15) is 0 Å². The average Bonchev–Trinajstić information content (AvgIpc) is 3.29. The van der Waals surface area contributed by atoms with Gasteiger partial charge in [-0.3, -0.25) is 14.6 Å². The lowest BCUT2D eigenvalue weighted by molar-refractivity contribution is -0.118. The maximum Gasteiger partial charge on any atom is 0.233 e. The molecule has 0 saturated carbocycles. The van der Waals surface area contributed by atoms with E-state index in [9.17, 15) is 4.79 Å². The van der Waals surface area contributed by atoms with Gasteiger partial charge in [-0.15, -0.1) is 11.8 Å². The summed E-state index contributed by atoms with van der Waals surface area (Å²) in [5.74, 6) is 0.818. The molecule has 0 aliphatic carbocycles. The number of nitrogens with zero attached hydrogens (tertiary/aromatic N) is 3. The summed E-state index contributed by atoms with van der Waals surface area (Å²) in [5.41, 5.74) is 2.99. The first-order valence-electron chi connectivity index (χ1n) is 12.2. The van der Waals surface area contributed by atoms with Gasteiger partial charge in [-0.1, -0.05) is 43.4 Å². The lowest BCUT2D eigenvalue weighted by Crippen LogP contribution is -2.39.